The largest absolute Gasteiger partial charge is 0.387 e. The number of imidazole rings is 1. The minimum Gasteiger partial charge on any atom is -0.387 e. The quantitative estimate of drug-likeness (QED) is 0.714. The monoisotopic (exact) mass is 399 g/mol. The van der Waals surface area contributed by atoms with Gasteiger partial charge in [0.05, 0.1) is 17.5 Å². The fraction of sp³-hybridized carbons (Fsp3) is 0.524. The molecule has 0 spiro atoms. The molecule has 0 saturated carbocycles. The Morgan fingerprint density at radius 3 is 2.68 bits per heavy atom. The molecule has 1 aliphatic rings. The summed E-state index contributed by atoms with van der Waals surface area (Å²) in [4.78, 5) is 10.0. The third-order valence-electron chi connectivity index (χ3n) is 5.32. The summed E-state index contributed by atoms with van der Waals surface area (Å²) in [5.74, 6) is 0. The van der Waals surface area contributed by atoms with Crippen molar-refractivity contribution in [2.24, 2.45) is 0 Å². The van der Waals surface area contributed by atoms with Crippen molar-refractivity contribution in [3.8, 4) is 0 Å². The van der Waals surface area contributed by atoms with Crippen molar-refractivity contribution in [2.75, 3.05) is 31.6 Å². The van der Waals surface area contributed by atoms with E-state index in [0.717, 1.165) is 35.3 Å². The number of hydrogen-bond donors (Lipinski definition) is 1. The van der Waals surface area contributed by atoms with Gasteiger partial charge in [0.1, 0.15) is 0 Å². The van der Waals surface area contributed by atoms with Crippen LogP contribution in [0.1, 0.15) is 38.4 Å². The summed E-state index contributed by atoms with van der Waals surface area (Å²) in [6.07, 6.45) is 2.79. The lowest BCUT2D eigenvalue weighted by Gasteiger charge is -2.28. The molecule has 0 aliphatic carbocycles. The first kappa shape index (κ1) is 19.4. The van der Waals surface area contributed by atoms with Gasteiger partial charge in [-0.3, -0.25) is 4.90 Å². The van der Waals surface area contributed by atoms with Crippen LogP contribution in [0.3, 0.4) is 0 Å². The molecule has 1 N–H and O–H groups in total. The molecule has 0 bridgehead atoms. The van der Waals surface area contributed by atoms with Crippen LogP contribution in [0.2, 0.25) is 0 Å². The van der Waals surface area contributed by atoms with E-state index in [0.29, 0.717) is 13.1 Å². The van der Waals surface area contributed by atoms with Gasteiger partial charge in [-0.2, -0.15) is 0 Å². The number of aromatic nitrogens is 3. The molecule has 0 amide bonds. The van der Waals surface area contributed by atoms with Gasteiger partial charge in [0.15, 0.2) is 0 Å². The molecule has 1 saturated heterocycles. The zero-order chi connectivity index (χ0) is 19.9. The van der Waals surface area contributed by atoms with Gasteiger partial charge in [0.2, 0.25) is 10.1 Å². The molecule has 1 aliphatic heterocycles. The highest BCUT2D eigenvalue weighted by Gasteiger charge is 2.37. The summed E-state index contributed by atoms with van der Waals surface area (Å²) < 4.78 is 1.86. The lowest BCUT2D eigenvalue weighted by atomic mass is 9.93. The van der Waals surface area contributed by atoms with E-state index in [1.807, 2.05) is 23.8 Å². The summed E-state index contributed by atoms with van der Waals surface area (Å²) in [5.41, 5.74) is 1.64. The Morgan fingerprint density at radius 2 is 2.00 bits per heavy atom. The minimum absolute atomic E-state index is 0.0146. The molecular formula is C21H29N5OS. The highest BCUT2D eigenvalue weighted by atomic mass is 32.1. The van der Waals surface area contributed by atoms with Gasteiger partial charge >= 0.3 is 0 Å². The highest BCUT2D eigenvalue weighted by molar-refractivity contribution is 7.20. The van der Waals surface area contributed by atoms with Crippen molar-refractivity contribution in [1.29, 1.82) is 0 Å². The van der Waals surface area contributed by atoms with E-state index in [1.165, 1.54) is 5.56 Å². The Hall–Kier alpha value is -1.96. The van der Waals surface area contributed by atoms with Crippen molar-refractivity contribution in [2.45, 2.75) is 44.8 Å². The molecule has 1 unspecified atom stereocenters. The number of nitrogens with zero attached hydrogens (tertiary/aromatic N) is 5. The predicted molar refractivity (Wildman–Crippen MR) is 114 cm³/mol. The lowest BCUT2D eigenvalue weighted by Crippen LogP contribution is -2.43. The topological polar surface area (TPSA) is 56.9 Å². The van der Waals surface area contributed by atoms with Gasteiger partial charge < -0.3 is 10.0 Å². The van der Waals surface area contributed by atoms with Gasteiger partial charge in [-0.15, -0.1) is 5.10 Å². The molecule has 7 heteroatoms. The SMILES string of the molecule is CN(CC1(O)CCN(Cc2ccccc2)C1)c1nn2cc(C(C)(C)C)nc2s1. The number of rotatable bonds is 5. The molecule has 6 nitrogen and oxygen atoms in total. The number of likely N-dealkylation sites (N-methyl/N-ethyl adjacent to an activating group) is 1. The third-order valence-corrected chi connectivity index (χ3v) is 6.36. The van der Waals surface area contributed by atoms with Gasteiger partial charge in [-0.05, 0) is 12.0 Å². The van der Waals surface area contributed by atoms with E-state index >= 15 is 0 Å². The van der Waals surface area contributed by atoms with Crippen LogP contribution < -0.4 is 4.90 Å². The molecule has 3 heterocycles. The van der Waals surface area contributed by atoms with E-state index in [4.69, 9.17) is 4.98 Å². The van der Waals surface area contributed by atoms with Gasteiger partial charge in [0.25, 0.3) is 0 Å². The number of β-amino-alcohol motifs (C(OH)–C–C–N with tert-alkyl or cyclic N) is 1. The molecule has 0 radical (unpaired) electrons. The molecule has 1 fully saturated rings. The van der Waals surface area contributed by atoms with Crippen molar-refractivity contribution < 1.29 is 5.11 Å². The average molecular weight is 400 g/mol. The summed E-state index contributed by atoms with van der Waals surface area (Å²) in [5, 5.41) is 16.7. The Morgan fingerprint density at radius 1 is 1.25 bits per heavy atom. The highest BCUT2D eigenvalue weighted by Crippen LogP contribution is 2.30. The molecule has 150 valence electrons. The van der Waals surface area contributed by atoms with Crippen LogP contribution in [0.15, 0.2) is 36.5 Å². The summed E-state index contributed by atoms with van der Waals surface area (Å²) in [7, 11) is 2.00. The second kappa shape index (κ2) is 7.13. The van der Waals surface area contributed by atoms with Gasteiger partial charge in [-0.1, -0.05) is 62.4 Å². The van der Waals surface area contributed by atoms with Crippen LogP contribution in [-0.4, -0.2) is 56.9 Å². The van der Waals surface area contributed by atoms with E-state index in [2.05, 4.69) is 59.9 Å². The van der Waals surface area contributed by atoms with E-state index in [-0.39, 0.29) is 5.41 Å². The normalized spacial score (nSPS) is 20.9. The zero-order valence-electron chi connectivity index (χ0n) is 17.1. The summed E-state index contributed by atoms with van der Waals surface area (Å²) >= 11 is 1.57. The Kier molecular flexibility index (Phi) is 4.93. The van der Waals surface area contributed by atoms with Crippen LogP contribution in [0, 0.1) is 0 Å². The molecule has 1 aromatic carbocycles. The Bertz CT molecular complexity index is 913. The van der Waals surface area contributed by atoms with Crippen LogP contribution >= 0.6 is 11.3 Å². The second-order valence-corrected chi connectivity index (χ2v) is 9.95. The number of likely N-dealkylation sites (tertiary alicyclic amines) is 1. The third kappa shape index (κ3) is 4.06. The maximum Gasteiger partial charge on any atom is 0.214 e. The fourth-order valence-corrected chi connectivity index (χ4v) is 4.60. The molecule has 28 heavy (non-hydrogen) atoms. The molecule has 4 rings (SSSR count). The second-order valence-electron chi connectivity index (χ2n) is 9.01. The van der Waals surface area contributed by atoms with Crippen molar-refractivity contribution >= 4 is 21.4 Å². The van der Waals surface area contributed by atoms with Gasteiger partial charge in [0, 0.05) is 38.6 Å². The Labute approximate surface area is 170 Å². The van der Waals surface area contributed by atoms with Gasteiger partial charge in [-0.25, -0.2) is 9.50 Å². The first-order valence-electron chi connectivity index (χ1n) is 9.78. The fourth-order valence-electron chi connectivity index (χ4n) is 3.76. The maximum absolute atomic E-state index is 11.1. The van der Waals surface area contributed by atoms with E-state index in [9.17, 15) is 5.11 Å². The zero-order valence-corrected chi connectivity index (χ0v) is 17.9. The maximum atomic E-state index is 11.1. The first-order chi connectivity index (χ1) is 13.2. The number of aliphatic hydroxyl groups is 1. The van der Waals surface area contributed by atoms with Crippen molar-refractivity contribution in [3.05, 3.63) is 47.8 Å². The van der Waals surface area contributed by atoms with Crippen molar-refractivity contribution in [1.82, 2.24) is 19.5 Å². The molecule has 2 aromatic heterocycles. The predicted octanol–water partition coefficient (Wildman–Crippen LogP) is 3.16. The van der Waals surface area contributed by atoms with Crippen LogP contribution in [0.25, 0.3) is 4.96 Å². The van der Waals surface area contributed by atoms with E-state index < -0.39 is 5.60 Å². The lowest BCUT2D eigenvalue weighted by molar-refractivity contribution is 0.0562. The molecule has 3 aromatic rings. The summed E-state index contributed by atoms with van der Waals surface area (Å²) in [6, 6.07) is 10.4. The Balaban J connectivity index is 1.41. The number of anilines is 1. The number of benzene rings is 1. The van der Waals surface area contributed by atoms with Crippen LogP contribution in [-0.2, 0) is 12.0 Å². The standard InChI is InChI=1S/C21H29N5OS/c1-20(2,3)17-13-26-18(22-17)28-19(23-26)24(4)14-21(27)10-11-25(15-21)12-16-8-6-5-7-9-16/h5-9,13,27H,10-12,14-15H2,1-4H3. The number of fused-ring (bicyclic) bond motifs is 1. The van der Waals surface area contributed by atoms with Crippen LogP contribution in [0.5, 0.6) is 0 Å². The molecule has 1 atom stereocenters. The average Bonchev–Trinajstić information content (AvgIpc) is 3.28. The molecular weight excluding hydrogens is 370 g/mol. The summed E-state index contributed by atoms with van der Waals surface area (Å²) in [6.45, 7) is 9.52. The first-order valence-corrected chi connectivity index (χ1v) is 10.6. The van der Waals surface area contributed by atoms with Crippen LogP contribution in [0.4, 0.5) is 5.13 Å². The van der Waals surface area contributed by atoms with Crippen molar-refractivity contribution in [3.63, 3.8) is 0 Å². The smallest absolute Gasteiger partial charge is 0.214 e. The minimum atomic E-state index is -0.714. The van der Waals surface area contributed by atoms with E-state index in [1.54, 1.807) is 11.3 Å². The number of hydrogen-bond acceptors (Lipinski definition) is 6.